The van der Waals surface area contributed by atoms with Gasteiger partial charge in [-0.2, -0.15) is 10.5 Å². The fourth-order valence-electron chi connectivity index (χ4n) is 2.35. The van der Waals surface area contributed by atoms with Gasteiger partial charge in [-0.05, 0) is 48.5 Å². The van der Waals surface area contributed by atoms with Gasteiger partial charge in [0.1, 0.15) is 11.9 Å². The molecule has 1 fully saturated rings. The highest BCUT2D eigenvalue weighted by molar-refractivity contribution is 5.94. The molecular weight excluding hydrogens is 290 g/mol. The van der Waals surface area contributed by atoms with Crippen molar-refractivity contribution in [3.8, 4) is 17.9 Å². The molecule has 1 aliphatic heterocycles. The summed E-state index contributed by atoms with van der Waals surface area (Å²) in [4.78, 5) is 14.0. The lowest BCUT2D eigenvalue weighted by atomic mass is 10.1. The summed E-state index contributed by atoms with van der Waals surface area (Å²) in [5.74, 6) is 0.633. The van der Waals surface area contributed by atoms with Crippen LogP contribution in [0.4, 0.5) is 0 Å². The minimum Gasteiger partial charge on any atom is -0.487 e. The van der Waals surface area contributed by atoms with E-state index in [-0.39, 0.29) is 12.0 Å². The predicted octanol–water partition coefficient (Wildman–Crippen LogP) is 2.33. The van der Waals surface area contributed by atoms with E-state index in [0.717, 1.165) is 0 Å². The molecule has 1 heterocycles. The van der Waals surface area contributed by atoms with Crippen molar-refractivity contribution in [3.05, 3.63) is 65.2 Å². The molecule has 0 radical (unpaired) electrons. The van der Waals surface area contributed by atoms with E-state index in [0.29, 0.717) is 35.5 Å². The number of carbonyl (C=O) groups excluding carboxylic acids is 1. The lowest BCUT2D eigenvalue weighted by Gasteiger charge is -2.39. The van der Waals surface area contributed by atoms with E-state index in [4.69, 9.17) is 15.3 Å². The third-order valence-corrected chi connectivity index (χ3v) is 3.68. The summed E-state index contributed by atoms with van der Waals surface area (Å²) in [6.07, 6.45) is -0.0368. The van der Waals surface area contributed by atoms with Crippen molar-refractivity contribution in [1.29, 1.82) is 10.5 Å². The Balaban J connectivity index is 1.54. The quantitative estimate of drug-likeness (QED) is 0.872. The molecule has 112 valence electrons. The van der Waals surface area contributed by atoms with E-state index in [1.807, 2.05) is 6.07 Å². The zero-order chi connectivity index (χ0) is 16.2. The molecule has 2 aromatic carbocycles. The highest BCUT2D eigenvalue weighted by Gasteiger charge is 2.32. The summed E-state index contributed by atoms with van der Waals surface area (Å²) in [6, 6.07) is 17.6. The van der Waals surface area contributed by atoms with Crippen LogP contribution in [0.2, 0.25) is 0 Å². The average molecular weight is 303 g/mol. The fourth-order valence-corrected chi connectivity index (χ4v) is 2.35. The Morgan fingerprint density at radius 2 is 1.48 bits per heavy atom. The van der Waals surface area contributed by atoms with Crippen LogP contribution in [0, 0.1) is 22.7 Å². The molecule has 2 aromatic rings. The number of rotatable bonds is 3. The number of benzene rings is 2. The minimum absolute atomic E-state index is 0.0368. The maximum Gasteiger partial charge on any atom is 0.254 e. The zero-order valence-corrected chi connectivity index (χ0v) is 12.3. The number of nitriles is 2. The fraction of sp³-hybridized carbons (Fsp3) is 0.167. The van der Waals surface area contributed by atoms with Gasteiger partial charge in [-0.15, -0.1) is 0 Å². The average Bonchev–Trinajstić information content (AvgIpc) is 2.58. The molecular formula is C18H13N3O2. The largest absolute Gasteiger partial charge is 0.487 e. The standard InChI is InChI=1S/C18H13N3O2/c19-9-13-1-5-15(6-2-13)18(22)21-11-17(12-21)23-16-7-3-14(10-20)4-8-16/h1-8,17H,11-12H2. The second-order valence-corrected chi connectivity index (χ2v) is 5.28. The van der Waals surface area contributed by atoms with Gasteiger partial charge in [-0.25, -0.2) is 0 Å². The molecule has 1 amide bonds. The Bertz CT molecular complexity index is 792. The van der Waals surface area contributed by atoms with E-state index < -0.39 is 0 Å². The van der Waals surface area contributed by atoms with E-state index >= 15 is 0 Å². The first-order valence-electron chi connectivity index (χ1n) is 7.16. The van der Waals surface area contributed by atoms with E-state index in [2.05, 4.69) is 6.07 Å². The molecule has 0 bridgehead atoms. The molecule has 3 rings (SSSR count). The number of ether oxygens (including phenoxy) is 1. The van der Waals surface area contributed by atoms with Gasteiger partial charge in [-0.3, -0.25) is 4.79 Å². The van der Waals surface area contributed by atoms with Crippen LogP contribution < -0.4 is 4.74 Å². The third-order valence-electron chi connectivity index (χ3n) is 3.68. The van der Waals surface area contributed by atoms with Gasteiger partial charge in [0.2, 0.25) is 0 Å². The molecule has 1 aliphatic rings. The molecule has 0 spiro atoms. The lowest BCUT2D eigenvalue weighted by Crippen LogP contribution is -2.56. The molecule has 5 heteroatoms. The van der Waals surface area contributed by atoms with Crippen molar-refractivity contribution < 1.29 is 9.53 Å². The minimum atomic E-state index is -0.0610. The van der Waals surface area contributed by atoms with E-state index in [1.165, 1.54) is 0 Å². The van der Waals surface area contributed by atoms with Crippen molar-refractivity contribution in [2.45, 2.75) is 6.10 Å². The van der Waals surface area contributed by atoms with Crippen molar-refractivity contribution in [3.63, 3.8) is 0 Å². The topological polar surface area (TPSA) is 77.1 Å². The second kappa shape index (κ2) is 6.21. The van der Waals surface area contributed by atoms with E-state index in [9.17, 15) is 4.79 Å². The van der Waals surface area contributed by atoms with Gasteiger partial charge >= 0.3 is 0 Å². The van der Waals surface area contributed by atoms with Crippen LogP contribution in [-0.4, -0.2) is 30.0 Å². The number of likely N-dealkylation sites (tertiary alicyclic amines) is 1. The van der Waals surface area contributed by atoms with Crippen molar-refractivity contribution in [1.82, 2.24) is 4.90 Å². The van der Waals surface area contributed by atoms with Crippen LogP contribution in [0.25, 0.3) is 0 Å². The van der Waals surface area contributed by atoms with Crippen molar-refractivity contribution >= 4 is 5.91 Å². The number of amides is 1. The summed E-state index contributed by atoms with van der Waals surface area (Å²) in [7, 11) is 0. The van der Waals surface area contributed by atoms with Crippen LogP contribution in [0.1, 0.15) is 21.5 Å². The molecule has 5 nitrogen and oxygen atoms in total. The molecule has 1 saturated heterocycles. The van der Waals surface area contributed by atoms with Gasteiger partial charge in [-0.1, -0.05) is 0 Å². The van der Waals surface area contributed by atoms with Crippen LogP contribution >= 0.6 is 0 Å². The Kier molecular flexibility index (Phi) is 3.95. The Morgan fingerprint density at radius 1 is 0.957 bits per heavy atom. The van der Waals surface area contributed by atoms with Crippen molar-refractivity contribution in [2.75, 3.05) is 13.1 Å². The van der Waals surface area contributed by atoms with Crippen LogP contribution in [0.3, 0.4) is 0 Å². The molecule has 23 heavy (non-hydrogen) atoms. The van der Waals surface area contributed by atoms with Crippen LogP contribution in [0.5, 0.6) is 5.75 Å². The summed E-state index contributed by atoms with van der Waals surface area (Å²) < 4.78 is 5.76. The van der Waals surface area contributed by atoms with Gasteiger partial charge < -0.3 is 9.64 Å². The maximum absolute atomic E-state index is 12.3. The molecule has 0 N–H and O–H groups in total. The van der Waals surface area contributed by atoms with Gasteiger partial charge in [0.25, 0.3) is 5.91 Å². The summed E-state index contributed by atoms with van der Waals surface area (Å²) in [5.41, 5.74) is 1.69. The predicted molar refractivity (Wildman–Crippen MR) is 82.6 cm³/mol. The SMILES string of the molecule is N#Cc1ccc(OC2CN(C(=O)c3ccc(C#N)cc3)C2)cc1. The molecule has 0 unspecified atom stereocenters. The molecule has 0 aliphatic carbocycles. The smallest absolute Gasteiger partial charge is 0.254 e. The first-order chi connectivity index (χ1) is 11.2. The number of nitrogens with zero attached hydrogens (tertiary/aromatic N) is 3. The first kappa shape index (κ1) is 14.6. The van der Waals surface area contributed by atoms with Gasteiger partial charge in [0, 0.05) is 5.56 Å². The van der Waals surface area contributed by atoms with Gasteiger partial charge in [0.15, 0.2) is 0 Å². The molecule has 0 atom stereocenters. The molecule has 0 saturated carbocycles. The second-order valence-electron chi connectivity index (χ2n) is 5.28. The highest BCUT2D eigenvalue weighted by atomic mass is 16.5. The summed E-state index contributed by atoms with van der Waals surface area (Å²) >= 11 is 0. The lowest BCUT2D eigenvalue weighted by molar-refractivity contribution is 0.0178. The number of hydrogen-bond donors (Lipinski definition) is 0. The first-order valence-corrected chi connectivity index (χ1v) is 7.16. The normalized spacial score (nSPS) is 13.6. The van der Waals surface area contributed by atoms with Crippen LogP contribution in [0.15, 0.2) is 48.5 Å². The summed E-state index contributed by atoms with van der Waals surface area (Å²) in [5, 5.41) is 17.5. The zero-order valence-electron chi connectivity index (χ0n) is 12.3. The molecule has 0 aromatic heterocycles. The Morgan fingerprint density at radius 3 is 2.00 bits per heavy atom. The van der Waals surface area contributed by atoms with Gasteiger partial charge in [0.05, 0.1) is 36.4 Å². The third kappa shape index (κ3) is 3.14. The number of carbonyl (C=O) groups is 1. The van der Waals surface area contributed by atoms with Crippen molar-refractivity contribution in [2.24, 2.45) is 0 Å². The Hall–Kier alpha value is -3.31. The van der Waals surface area contributed by atoms with Crippen LogP contribution in [-0.2, 0) is 0 Å². The summed E-state index contributed by atoms with van der Waals surface area (Å²) in [6.45, 7) is 1.05. The Labute approximate surface area is 133 Å². The number of hydrogen-bond acceptors (Lipinski definition) is 4. The monoisotopic (exact) mass is 303 g/mol. The maximum atomic E-state index is 12.3. The highest BCUT2D eigenvalue weighted by Crippen LogP contribution is 2.20. The van der Waals surface area contributed by atoms with E-state index in [1.54, 1.807) is 53.4 Å².